The molecule has 0 spiro atoms. The van der Waals surface area contributed by atoms with Crippen LogP contribution >= 0.6 is 0 Å². The van der Waals surface area contributed by atoms with Crippen LogP contribution in [-0.4, -0.2) is 82.8 Å². The highest BCUT2D eigenvalue weighted by atomic mass is 16.7. The number of aliphatic hydroxyl groups excluding tert-OH is 2. The maximum absolute atomic E-state index is 12.8. The molecule has 1 aliphatic rings. The van der Waals surface area contributed by atoms with Gasteiger partial charge >= 0.3 is 17.9 Å². The van der Waals surface area contributed by atoms with Gasteiger partial charge in [-0.25, -0.2) is 0 Å². The lowest BCUT2D eigenvalue weighted by molar-refractivity contribution is -0.282. The topological polar surface area (TPSA) is 208 Å². The van der Waals surface area contributed by atoms with Crippen molar-refractivity contribution in [3.63, 3.8) is 0 Å². The fraction of sp³-hybridized carbons (Fsp3) is 0.333. The number of carboxylic acids is 1. The number of methoxy groups -OCH3 is 1. The van der Waals surface area contributed by atoms with Crippen molar-refractivity contribution in [2.75, 3.05) is 13.7 Å². The normalized spacial score (nSPS) is 22.1. The fourth-order valence-corrected chi connectivity index (χ4v) is 4.15. The second kappa shape index (κ2) is 12.2. The molecule has 0 aliphatic carbocycles. The Bertz CT molecular complexity index is 1490. The van der Waals surface area contributed by atoms with Gasteiger partial charge in [0.1, 0.15) is 65.3 Å². The highest BCUT2D eigenvalue weighted by Crippen LogP contribution is 2.34. The summed E-state index contributed by atoms with van der Waals surface area (Å²) < 4.78 is 32.2. The molecule has 41 heavy (non-hydrogen) atoms. The molecule has 14 nitrogen and oxygen atoms in total. The molecule has 0 radical (unpaired) electrons. The van der Waals surface area contributed by atoms with E-state index in [1.54, 1.807) is 24.3 Å². The smallest absolute Gasteiger partial charge is 0.317 e. The van der Waals surface area contributed by atoms with Gasteiger partial charge in [-0.05, 0) is 24.3 Å². The molecule has 0 bridgehead atoms. The number of phenols is 1. The number of aliphatic hydroxyl groups is 2. The van der Waals surface area contributed by atoms with E-state index in [0.29, 0.717) is 11.3 Å². The summed E-state index contributed by atoms with van der Waals surface area (Å²) >= 11 is 0. The monoisotopic (exact) mass is 574 g/mol. The number of benzene rings is 2. The van der Waals surface area contributed by atoms with E-state index in [0.717, 1.165) is 13.0 Å². The van der Waals surface area contributed by atoms with Gasteiger partial charge in [-0.2, -0.15) is 0 Å². The maximum Gasteiger partial charge on any atom is 0.317 e. The van der Waals surface area contributed by atoms with E-state index in [-0.39, 0.29) is 22.5 Å². The van der Waals surface area contributed by atoms with Gasteiger partial charge in [0.2, 0.25) is 6.29 Å². The summed E-state index contributed by atoms with van der Waals surface area (Å²) in [5.74, 6) is -3.29. The number of esters is 2. The number of aliphatic carboxylic acids is 1. The quantitative estimate of drug-likeness (QED) is 0.207. The van der Waals surface area contributed by atoms with Gasteiger partial charge in [0.05, 0.1) is 7.11 Å². The van der Waals surface area contributed by atoms with Crippen molar-refractivity contribution in [3.8, 4) is 28.6 Å². The van der Waals surface area contributed by atoms with E-state index in [1.165, 1.54) is 19.2 Å². The van der Waals surface area contributed by atoms with Crippen molar-refractivity contribution in [1.29, 1.82) is 0 Å². The lowest BCUT2D eigenvalue weighted by Crippen LogP contribution is -2.61. The summed E-state index contributed by atoms with van der Waals surface area (Å²) in [7, 11) is 1.51. The molecular weight excluding hydrogens is 548 g/mol. The number of carboxylic acid groups (broad SMARTS) is 1. The highest BCUT2D eigenvalue weighted by molar-refractivity contribution is 5.90. The predicted molar refractivity (Wildman–Crippen MR) is 136 cm³/mol. The zero-order valence-electron chi connectivity index (χ0n) is 21.7. The number of aromatic hydroxyl groups is 1. The Morgan fingerprint density at radius 3 is 2.34 bits per heavy atom. The van der Waals surface area contributed by atoms with Crippen molar-refractivity contribution in [3.05, 3.63) is 52.7 Å². The van der Waals surface area contributed by atoms with Gasteiger partial charge < -0.3 is 48.5 Å². The molecule has 2 heterocycles. The molecule has 0 saturated carbocycles. The van der Waals surface area contributed by atoms with Gasteiger partial charge in [0.15, 0.2) is 11.5 Å². The Morgan fingerprint density at radius 2 is 1.71 bits per heavy atom. The molecule has 2 aromatic carbocycles. The van der Waals surface area contributed by atoms with E-state index in [2.05, 4.69) is 0 Å². The molecule has 0 amide bonds. The van der Waals surface area contributed by atoms with Crippen molar-refractivity contribution in [1.82, 2.24) is 0 Å². The number of carbonyl (C=O) groups is 3. The molecule has 3 aromatic rings. The van der Waals surface area contributed by atoms with Crippen molar-refractivity contribution < 1.29 is 62.9 Å². The van der Waals surface area contributed by atoms with Gasteiger partial charge in [-0.3, -0.25) is 19.2 Å². The summed E-state index contributed by atoms with van der Waals surface area (Å²) in [4.78, 5) is 46.8. The number of ether oxygens (including phenoxy) is 5. The fourth-order valence-electron chi connectivity index (χ4n) is 4.15. The van der Waals surface area contributed by atoms with Gasteiger partial charge in [0, 0.05) is 30.7 Å². The number of rotatable bonds is 9. The molecule has 0 unspecified atom stereocenters. The van der Waals surface area contributed by atoms with Crippen LogP contribution in [0.25, 0.3) is 22.3 Å². The van der Waals surface area contributed by atoms with E-state index in [9.17, 15) is 34.5 Å². The van der Waals surface area contributed by atoms with Crippen LogP contribution in [0.2, 0.25) is 0 Å². The van der Waals surface area contributed by atoms with E-state index >= 15 is 0 Å². The van der Waals surface area contributed by atoms with Crippen LogP contribution in [0.5, 0.6) is 17.2 Å². The Morgan fingerprint density at radius 1 is 1.00 bits per heavy atom. The Balaban J connectivity index is 1.64. The lowest BCUT2D eigenvalue weighted by Gasteiger charge is -2.41. The Kier molecular flexibility index (Phi) is 8.76. The van der Waals surface area contributed by atoms with Crippen LogP contribution < -0.4 is 14.9 Å². The molecule has 4 rings (SSSR count). The number of fused-ring (bicyclic) bond motifs is 1. The predicted octanol–water partition coefficient (Wildman–Crippen LogP) is 0.949. The molecule has 1 aliphatic heterocycles. The standard InChI is InChI=1S/C27H26O14/c1-12(28)38-26-25(35)24(34)20(11-37-22(33)10-21(31)32)41-27(26)39-15-7-16(29)23-17(30)9-18(40-19(23)8-15)13-3-5-14(36-2)6-4-13/h3-9,20,24-27,29,34-35H,10-11H2,1-2H3,(H,31,32)/t20-,24-,25+,26-,27-/m1/s1. The maximum atomic E-state index is 12.8. The summed E-state index contributed by atoms with van der Waals surface area (Å²) in [5, 5.41) is 40.3. The van der Waals surface area contributed by atoms with Crippen molar-refractivity contribution in [2.24, 2.45) is 0 Å². The van der Waals surface area contributed by atoms with Crippen LogP contribution in [0, 0.1) is 0 Å². The molecule has 1 aromatic heterocycles. The third-order valence-electron chi connectivity index (χ3n) is 6.06. The largest absolute Gasteiger partial charge is 0.507 e. The molecule has 1 saturated heterocycles. The average Bonchev–Trinajstić information content (AvgIpc) is 2.91. The van der Waals surface area contributed by atoms with E-state index in [4.69, 9.17) is 33.2 Å². The first-order chi connectivity index (χ1) is 19.5. The first-order valence-electron chi connectivity index (χ1n) is 12.1. The summed E-state index contributed by atoms with van der Waals surface area (Å²) in [6, 6.07) is 10.2. The number of hydrogen-bond acceptors (Lipinski definition) is 13. The van der Waals surface area contributed by atoms with Crippen LogP contribution in [0.15, 0.2) is 51.7 Å². The molecule has 218 valence electrons. The van der Waals surface area contributed by atoms with Crippen LogP contribution in [0.3, 0.4) is 0 Å². The minimum absolute atomic E-state index is 0.0714. The third kappa shape index (κ3) is 6.74. The van der Waals surface area contributed by atoms with Gasteiger partial charge in [-0.15, -0.1) is 0 Å². The molecular formula is C27H26O14. The molecule has 14 heteroatoms. The molecule has 4 N–H and O–H groups in total. The first kappa shape index (κ1) is 29.3. The molecule has 1 fully saturated rings. The van der Waals surface area contributed by atoms with Gasteiger partial charge in [0.25, 0.3) is 0 Å². The Labute approximate surface area is 231 Å². The lowest BCUT2D eigenvalue weighted by atomic mass is 9.99. The van der Waals surface area contributed by atoms with Gasteiger partial charge in [-0.1, -0.05) is 0 Å². The zero-order valence-corrected chi connectivity index (χ0v) is 21.7. The van der Waals surface area contributed by atoms with Crippen molar-refractivity contribution >= 4 is 28.9 Å². The van der Waals surface area contributed by atoms with Crippen molar-refractivity contribution in [2.45, 2.75) is 44.1 Å². The first-order valence-corrected chi connectivity index (χ1v) is 12.1. The average molecular weight is 574 g/mol. The second-order valence-electron chi connectivity index (χ2n) is 8.99. The molecule has 5 atom stereocenters. The summed E-state index contributed by atoms with van der Waals surface area (Å²) in [5.41, 5.74) is -0.0777. The number of phenolic OH excluding ortho intramolecular Hbond substituents is 1. The number of hydrogen-bond donors (Lipinski definition) is 4. The van der Waals surface area contributed by atoms with Crippen LogP contribution in [-0.2, 0) is 28.6 Å². The minimum atomic E-state index is -1.78. The summed E-state index contributed by atoms with van der Waals surface area (Å²) in [6.45, 7) is 0.382. The summed E-state index contributed by atoms with van der Waals surface area (Å²) in [6.07, 6.45) is -9.08. The zero-order chi connectivity index (χ0) is 29.8. The van der Waals surface area contributed by atoms with Crippen LogP contribution in [0.1, 0.15) is 13.3 Å². The SMILES string of the molecule is COc1ccc(-c2cc(=O)c3c(O)cc(O[C@@H]4O[C@H](COC(=O)CC(=O)O)[C@@H](O)[C@H](O)[C@H]4OC(C)=O)cc3o2)cc1. The van der Waals surface area contributed by atoms with Crippen LogP contribution in [0.4, 0.5) is 0 Å². The van der Waals surface area contributed by atoms with E-state index < -0.39 is 72.8 Å². The minimum Gasteiger partial charge on any atom is -0.507 e. The van der Waals surface area contributed by atoms with E-state index in [1.807, 2.05) is 0 Å². The third-order valence-corrected chi connectivity index (χ3v) is 6.06. The Hall–Kier alpha value is -4.66. The highest BCUT2D eigenvalue weighted by Gasteiger charge is 2.48. The number of carbonyl (C=O) groups excluding carboxylic acids is 2. The second-order valence-corrected chi connectivity index (χ2v) is 8.99.